The second-order valence-electron chi connectivity index (χ2n) is 3.56. The first kappa shape index (κ1) is 17.3. The van der Waals surface area contributed by atoms with Gasteiger partial charge in [-0.25, -0.2) is 0 Å². The lowest BCUT2D eigenvalue weighted by Gasteiger charge is -2.46. The Labute approximate surface area is 115 Å². The predicted octanol–water partition coefficient (Wildman–Crippen LogP) is 8.19. The van der Waals surface area contributed by atoms with E-state index in [1.807, 2.05) is 0 Å². The average molecular weight is 398 g/mol. The SMILES string of the molecule is FS(F)(F)(F)(Cl)c1cc(Cl)cc(S(F)(F)(F)(F)Cl)c1. The Kier molecular flexibility index (Phi) is 2.76. The highest BCUT2D eigenvalue weighted by Gasteiger charge is 2.67. The Bertz CT molecular complexity index is 509. The maximum Gasteiger partial charge on any atom is 0.253 e. The van der Waals surface area contributed by atoms with Crippen LogP contribution in [0, 0.1) is 0 Å². The third kappa shape index (κ3) is 4.62. The summed E-state index contributed by atoms with van der Waals surface area (Å²) >= 11 is 5.00. The molecular weight excluding hydrogens is 395 g/mol. The Morgan fingerprint density at radius 3 is 1.11 bits per heavy atom. The summed E-state index contributed by atoms with van der Waals surface area (Å²) in [5.41, 5.74) is 0. The molecule has 0 aliphatic carbocycles. The summed E-state index contributed by atoms with van der Waals surface area (Å²) in [7, 11) is -11.3. The Balaban J connectivity index is 3.79. The fourth-order valence-electron chi connectivity index (χ4n) is 0.982. The molecular formula is C6H3Cl3F8S2. The average Bonchev–Trinajstić information content (AvgIpc) is 1.93. The van der Waals surface area contributed by atoms with Crippen molar-refractivity contribution in [1.29, 1.82) is 0 Å². The van der Waals surface area contributed by atoms with E-state index in [-0.39, 0.29) is 12.1 Å². The first-order chi connectivity index (χ1) is 7.58. The van der Waals surface area contributed by atoms with E-state index < -0.39 is 39.0 Å². The first-order valence-electron chi connectivity index (χ1n) is 3.87. The van der Waals surface area contributed by atoms with Crippen molar-refractivity contribution in [2.75, 3.05) is 0 Å². The van der Waals surface area contributed by atoms with Gasteiger partial charge in [-0.15, -0.1) is 31.1 Å². The van der Waals surface area contributed by atoms with Gasteiger partial charge in [0.05, 0.1) is 9.79 Å². The van der Waals surface area contributed by atoms with Gasteiger partial charge in [0.15, 0.2) is 0 Å². The standard InChI is InChI=1S/C6H3Cl3F8S2/c7-4-1-5(18(8,10,11,12)13)3-6(2-4)19(9,14,15,16)17/h1-3H. The van der Waals surface area contributed by atoms with Gasteiger partial charge in [0.25, 0.3) is 18.1 Å². The van der Waals surface area contributed by atoms with E-state index in [1.54, 1.807) is 0 Å². The lowest BCUT2D eigenvalue weighted by Crippen LogP contribution is -2.09. The van der Waals surface area contributed by atoms with Gasteiger partial charge < -0.3 is 0 Å². The molecule has 0 atom stereocenters. The van der Waals surface area contributed by atoms with Gasteiger partial charge in [0, 0.05) is 26.4 Å². The van der Waals surface area contributed by atoms with Crippen molar-refractivity contribution >= 4 is 51.1 Å². The molecule has 19 heavy (non-hydrogen) atoms. The van der Waals surface area contributed by atoms with Crippen molar-refractivity contribution < 1.29 is 31.1 Å². The van der Waals surface area contributed by atoms with E-state index >= 15 is 0 Å². The van der Waals surface area contributed by atoms with Crippen LogP contribution in [0.4, 0.5) is 31.1 Å². The minimum atomic E-state index is -9.47. The minimum Gasteiger partial charge on any atom is -0.107 e. The predicted molar refractivity (Wildman–Crippen MR) is 63.7 cm³/mol. The quantitative estimate of drug-likeness (QED) is 0.441. The lowest BCUT2D eigenvalue weighted by molar-refractivity contribution is 0.475. The number of halogens is 11. The molecule has 1 rings (SSSR count). The summed E-state index contributed by atoms with van der Waals surface area (Å²) in [6, 6.07) is -1.24. The third-order valence-electron chi connectivity index (χ3n) is 1.74. The van der Waals surface area contributed by atoms with Crippen LogP contribution >= 0.6 is 51.1 Å². The summed E-state index contributed by atoms with van der Waals surface area (Å²) in [4.78, 5) is -5.08. The minimum absolute atomic E-state index is 0.194. The Hall–Kier alpha value is 0.230. The van der Waals surface area contributed by atoms with Crippen molar-refractivity contribution in [2.45, 2.75) is 9.79 Å². The van der Waals surface area contributed by atoms with Gasteiger partial charge in [0.2, 0.25) is 0 Å². The summed E-state index contributed by atoms with van der Waals surface area (Å²) in [6.07, 6.45) is 0. The lowest BCUT2D eigenvalue weighted by atomic mass is 10.4. The van der Waals surface area contributed by atoms with Crippen LogP contribution in [0.15, 0.2) is 28.0 Å². The summed E-state index contributed by atoms with van der Waals surface area (Å²) in [6.45, 7) is 0. The van der Waals surface area contributed by atoms with Crippen LogP contribution in [0.1, 0.15) is 0 Å². The van der Waals surface area contributed by atoms with Gasteiger partial charge >= 0.3 is 0 Å². The van der Waals surface area contributed by atoms with Crippen LogP contribution in [0.2, 0.25) is 5.02 Å². The molecule has 0 nitrogen and oxygen atoms in total. The third-order valence-corrected chi connectivity index (χ3v) is 5.28. The molecule has 0 heterocycles. The van der Waals surface area contributed by atoms with Gasteiger partial charge in [-0.2, -0.15) is 0 Å². The number of hydrogen-bond acceptors (Lipinski definition) is 0. The van der Waals surface area contributed by atoms with Crippen molar-refractivity contribution in [3.05, 3.63) is 23.2 Å². The molecule has 0 amide bonds. The molecule has 13 heteroatoms. The largest absolute Gasteiger partial charge is 0.253 e. The molecule has 1 aromatic rings. The van der Waals surface area contributed by atoms with Gasteiger partial charge in [-0.1, -0.05) is 11.6 Å². The highest BCUT2D eigenvalue weighted by Crippen LogP contribution is 3.07. The van der Waals surface area contributed by atoms with Crippen LogP contribution in [-0.2, 0) is 0 Å². The van der Waals surface area contributed by atoms with Gasteiger partial charge in [0.1, 0.15) is 0 Å². The molecule has 0 saturated carbocycles. The van der Waals surface area contributed by atoms with Crippen molar-refractivity contribution in [3.63, 3.8) is 0 Å². The molecule has 0 N–H and O–H groups in total. The molecule has 1 aromatic carbocycles. The van der Waals surface area contributed by atoms with Gasteiger partial charge in [-0.05, 0) is 18.2 Å². The van der Waals surface area contributed by atoms with E-state index in [4.69, 9.17) is 11.6 Å². The molecule has 0 aliphatic rings. The summed E-state index contributed by atoms with van der Waals surface area (Å²) in [5.74, 6) is 0. The van der Waals surface area contributed by atoms with Crippen molar-refractivity contribution in [1.82, 2.24) is 0 Å². The van der Waals surface area contributed by atoms with Crippen LogP contribution in [0.3, 0.4) is 0 Å². The second kappa shape index (κ2) is 3.03. The number of benzene rings is 1. The number of hydrogen-bond donors (Lipinski definition) is 0. The Morgan fingerprint density at radius 2 is 0.895 bits per heavy atom. The smallest absolute Gasteiger partial charge is 0.107 e. The molecule has 116 valence electrons. The zero-order chi connectivity index (χ0) is 15.7. The zero-order valence-corrected chi connectivity index (χ0v) is 12.1. The molecule has 0 aliphatic heterocycles. The molecule has 0 radical (unpaired) electrons. The summed E-state index contributed by atoms with van der Waals surface area (Å²) in [5, 5.41) is -1.22. The fraction of sp³-hybridized carbons (Fsp3) is 0. The van der Waals surface area contributed by atoms with E-state index in [0.29, 0.717) is 0 Å². The molecule has 0 spiro atoms. The summed E-state index contributed by atoms with van der Waals surface area (Å²) < 4.78 is 102. The molecule has 0 saturated heterocycles. The topological polar surface area (TPSA) is 0 Å². The van der Waals surface area contributed by atoms with Crippen molar-refractivity contribution in [3.8, 4) is 0 Å². The number of rotatable bonds is 2. The maximum absolute atomic E-state index is 12.8. The van der Waals surface area contributed by atoms with Crippen molar-refractivity contribution in [2.24, 2.45) is 0 Å². The Morgan fingerprint density at radius 1 is 0.632 bits per heavy atom. The molecule has 0 unspecified atom stereocenters. The van der Waals surface area contributed by atoms with E-state index in [9.17, 15) is 31.1 Å². The maximum atomic E-state index is 12.8. The monoisotopic (exact) mass is 396 g/mol. The first-order valence-corrected chi connectivity index (χ1v) is 10.0. The highest BCUT2D eigenvalue weighted by atomic mass is 35.7. The highest BCUT2D eigenvalue weighted by molar-refractivity contribution is 8.66. The normalized spacial score (nSPS) is 21.0. The molecule has 0 aromatic heterocycles. The van der Waals surface area contributed by atoms with E-state index in [0.717, 1.165) is 0 Å². The van der Waals surface area contributed by atoms with E-state index in [1.165, 1.54) is 0 Å². The van der Waals surface area contributed by atoms with Crippen LogP contribution in [-0.4, -0.2) is 0 Å². The van der Waals surface area contributed by atoms with Crippen LogP contribution < -0.4 is 0 Å². The second-order valence-corrected chi connectivity index (χ2v) is 12.5. The van der Waals surface area contributed by atoms with Crippen LogP contribution in [0.5, 0.6) is 0 Å². The van der Waals surface area contributed by atoms with E-state index in [2.05, 4.69) is 21.4 Å². The molecule has 0 fully saturated rings. The zero-order valence-electron chi connectivity index (χ0n) is 8.21. The van der Waals surface area contributed by atoms with Gasteiger partial charge in [-0.3, -0.25) is 0 Å². The molecule has 0 bridgehead atoms. The van der Waals surface area contributed by atoms with Crippen LogP contribution in [0.25, 0.3) is 0 Å². The fourth-order valence-corrected chi connectivity index (χ4v) is 3.35.